The minimum atomic E-state index is -0.556. The summed E-state index contributed by atoms with van der Waals surface area (Å²) in [6, 6.07) is 7.36. The second kappa shape index (κ2) is 7.29. The maximum absolute atomic E-state index is 10.3. The summed E-state index contributed by atoms with van der Waals surface area (Å²) in [7, 11) is 1.95. The molecule has 0 aliphatic carbocycles. The first-order valence-electron chi connectivity index (χ1n) is 7.78. The molecule has 1 aromatic heterocycles. The lowest BCUT2D eigenvalue weighted by atomic mass is 10.2. The third-order valence-electron chi connectivity index (χ3n) is 4.11. The minimum absolute atomic E-state index is 0.215. The van der Waals surface area contributed by atoms with Crippen molar-refractivity contribution >= 4 is 11.6 Å². The van der Waals surface area contributed by atoms with Crippen molar-refractivity contribution in [3.8, 4) is 5.75 Å². The van der Waals surface area contributed by atoms with E-state index in [4.69, 9.17) is 16.3 Å². The Bertz CT molecular complexity index is 631. The Balaban J connectivity index is 1.53. The first kappa shape index (κ1) is 16.2. The Morgan fingerprint density at radius 2 is 2.17 bits per heavy atom. The van der Waals surface area contributed by atoms with Crippen LogP contribution in [0.4, 0.5) is 0 Å². The van der Waals surface area contributed by atoms with E-state index in [1.165, 1.54) is 0 Å². The first-order chi connectivity index (χ1) is 11.1. The summed E-state index contributed by atoms with van der Waals surface area (Å²) in [5.74, 6) is 1.66. The van der Waals surface area contributed by atoms with Crippen LogP contribution in [0.1, 0.15) is 24.7 Å². The second-order valence-electron chi connectivity index (χ2n) is 5.87. The molecule has 6 nitrogen and oxygen atoms in total. The molecule has 1 aromatic carbocycles. The molecular weight excluding hydrogens is 316 g/mol. The Morgan fingerprint density at radius 1 is 1.39 bits per heavy atom. The highest BCUT2D eigenvalue weighted by Crippen LogP contribution is 2.30. The van der Waals surface area contributed by atoms with E-state index in [0.29, 0.717) is 17.3 Å². The molecule has 0 bridgehead atoms. The van der Waals surface area contributed by atoms with Crippen molar-refractivity contribution in [2.24, 2.45) is 7.05 Å². The molecule has 0 spiro atoms. The number of rotatable bonds is 6. The van der Waals surface area contributed by atoms with Gasteiger partial charge < -0.3 is 14.4 Å². The van der Waals surface area contributed by atoms with Gasteiger partial charge in [-0.2, -0.15) is 0 Å². The van der Waals surface area contributed by atoms with Crippen molar-refractivity contribution in [2.75, 3.05) is 19.7 Å². The van der Waals surface area contributed by atoms with Gasteiger partial charge >= 0.3 is 0 Å². The highest BCUT2D eigenvalue weighted by Gasteiger charge is 2.30. The monoisotopic (exact) mass is 336 g/mol. The van der Waals surface area contributed by atoms with Gasteiger partial charge in [0.2, 0.25) is 0 Å². The van der Waals surface area contributed by atoms with Crippen LogP contribution in [0.3, 0.4) is 0 Å². The standard InChI is InChI=1S/C16H21ClN4O2/c1-20-11-18-19-16(20)15-3-2-8-21(15)9-13(22)10-23-14-6-4-12(17)5-7-14/h4-7,11,13,15,22H,2-3,8-10H2,1H3. The molecule has 23 heavy (non-hydrogen) atoms. The fourth-order valence-corrected chi connectivity index (χ4v) is 3.10. The van der Waals surface area contributed by atoms with Crippen LogP contribution in [0.25, 0.3) is 0 Å². The summed E-state index contributed by atoms with van der Waals surface area (Å²) < 4.78 is 7.56. The highest BCUT2D eigenvalue weighted by atomic mass is 35.5. The summed E-state index contributed by atoms with van der Waals surface area (Å²) in [4.78, 5) is 2.25. The molecule has 0 radical (unpaired) electrons. The number of aryl methyl sites for hydroxylation is 1. The largest absolute Gasteiger partial charge is 0.491 e. The van der Waals surface area contributed by atoms with Gasteiger partial charge in [0.1, 0.15) is 30.6 Å². The van der Waals surface area contributed by atoms with Crippen LogP contribution in [0.5, 0.6) is 5.75 Å². The van der Waals surface area contributed by atoms with Gasteiger partial charge in [-0.3, -0.25) is 4.90 Å². The summed E-state index contributed by atoms with van der Waals surface area (Å²) in [5.41, 5.74) is 0. The first-order valence-corrected chi connectivity index (χ1v) is 8.15. The molecule has 7 heteroatoms. The third kappa shape index (κ3) is 4.02. The summed E-state index contributed by atoms with van der Waals surface area (Å²) in [5, 5.41) is 19.1. The van der Waals surface area contributed by atoms with E-state index in [9.17, 15) is 5.11 Å². The number of aliphatic hydroxyl groups is 1. The number of ether oxygens (including phenoxy) is 1. The fourth-order valence-electron chi connectivity index (χ4n) is 2.98. The van der Waals surface area contributed by atoms with E-state index in [2.05, 4.69) is 15.1 Å². The van der Waals surface area contributed by atoms with Crippen LogP contribution >= 0.6 is 11.6 Å². The molecule has 3 rings (SSSR count). The molecule has 0 amide bonds. The van der Waals surface area contributed by atoms with Crippen LogP contribution in [-0.4, -0.2) is 50.6 Å². The van der Waals surface area contributed by atoms with Crippen LogP contribution in [0.2, 0.25) is 5.02 Å². The number of likely N-dealkylation sites (tertiary alicyclic amines) is 1. The van der Waals surface area contributed by atoms with E-state index in [-0.39, 0.29) is 12.6 Å². The predicted molar refractivity (Wildman–Crippen MR) is 87.5 cm³/mol. The molecule has 2 aromatic rings. The molecule has 124 valence electrons. The number of nitrogens with zero attached hydrogens (tertiary/aromatic N) is 4. The van der Waals surface area contributed by atoms with Gasteiger partial charge in [-0.05, 0) is 43.7 Å². The summed E-state index contributed by atoms with van der Waals surface area (Å²) in [6.45, 7) is 1.77. The molecule has 1 aliphatic rings. The van der Waals surface area contributed by atoms with Crippen molar-refractivity contribution in [1.82, 2.24) is 19.7 Å². The number of aromatic nitrogens is 3. The Kier molecular flexibility index (Phi) is 5.15. The van der Waals surface area contributed by atoms with Gasteiger partial charge in [-0.15, -0.1) is 10.2 Å². The Morgan fingerprint density at radius 3 is 2.87 bits per heavy atom. The molecule has 1 N–H and O–H groups in total. The van der Waals surface area contributed by atoms with Gasteiger partial charge in [0, 0.05) is 18.6 Å². The van der Waals surface area contributed by atoms with Crippen LogP contribution in [-0.2, 0) is 7.05 Å². The van der Waals surface area contributed by atoms with Gasteiger partial charge in [0.25, 0.3) is 0 Å². The maximum atomic E-state index is 10.3. The zero-order valence-corrected chi connectivity index (χ0v) is 13.9. The van der Waals surface area contributed by atoms with Crippen LogP contribution in [0, 0.1) is 0 Å². The van der Waals surface area contributed by atoms with E-state index < -0.39 is 6.10 Å². The van der Waals surface area contributed by atoms with Gasteiger partial charge in [0.15, 0.2) is 0 Å². The van der Waals surface area contributed by atoms with E-state index >= 15 is 0 Å². The maximum Gasteiger partial charge on any atom is 0.149 e. The predicted octanol–water partition coefficient (Wildman–Crippen LogP) is 2.05. The van der Waals surface area contributed by atoms with E-state index in [0.717, 1.165) is 25.2 Å². The average molecular weight is 337 g/mol. The SMILES string of the molecule is Cn1cnnc1C1CCCN1CC(O)COc1ccc(Cl)cc1. The molecule has 0 saturated carbocycles. The minimum Gasteiger partial charge on any atom is -0.491 e. The summed E-state index contributed by atoms with van der Waals surface area (Å²) in [6.07, 6.45) is 3.30. The second-order valence-corrected chi connectivity index (χ2v) is 6.31. The normalized spacial score (nSPS) is 19.9. The number of aliphatic hydroxyl groups excluding tert-OH is 1. The lowest BCUT2D eigenvalue weighted by Crippen LogP contribution is -2.36. The Hall–Kier alpha value is -1.63. The molecule has 1 fully saturated rings. The average Bonchev–Trinajstić information content (AvgIpc) is 3.15. The highest BCUT2D eigenvalue weighted by molar-refractivity contribution is 6.30. The molecule has 1 saturated heterocycles. The Labute approximate surface area is 140 Å². The van der Waals surface area contributed by atoms with Gasteiger partial charge in [-0.25, -0.2) is 0 Å². The lowest BCUT2D eigenvalue weighted by Gasteiger charge is -2.26. The lowest BCUT2D eigenvalue weighted by molar-refractivity contribution is 0.0623. The van der Waals surface area contributed by atoms with E-state index in [1.54, 1.807) is 30.6 Å². The zero-order chi connectivity index (χ0) is 16.2. The molecule has 1 aliphatic heterocycles. The third-order valence-corrected chi connectivity index (χ3v) is 4.36. The number of benzene rings is 1. The number of hydrogen-bond donors (Lipinski definition) is 1. The quantitative estimate of drug-likeness (QED) is 0.874. The van der Waals surface area contributed by atoms with Gasteiger partial charge in [-0.1, -0.05) is 11.6 Å². The number of β-amino-alcohol motifs (C(OH)–C–C–N with tert-alkyl or cyclic N) is 1. The van der Waals surface area contributed by atoms with Crippen molar-refractivity contribution in [2.45, 2.75) is 25.0 Å². The molecular formula is C16H21ClN4O2. The topological polar surface area (TPSA) is 63.4 Å². The zero-order valence-electron chi connectivity index (χ0n) is 13.1. The smallest absolute Gasteiger partial charge is 0.149 e. The molecule has 2 atom stereocenters. The number of halogens is 1. The van der Waals surface area contributed by atoms with Crippen LogP contribution in [0.15, 0.2) is 30.6 Å². The molecule has 2 heterocycles. The van der Waals surface area contributed by atoms with Crippen molar-refractivity contribution in [3.05, 3.63) is 41.4 Å². The summed E-state index contributed by atoms with van der Waals surface area (Å²) >= 11 is 5.84. The van der Waals surface area contributed by atoms with Gasteiger partial charge in [0.05, 0.1) is 6.04 Å². The van der Waals surface area contributed by atoms with Crippen molar-refractivity contribution in [3.63, 3.8) is 0 Å². The fraction of sp³-hybridized carbons (Fsp3) is 0.500. The van der Waals surface area contributed by atoms with Crippen LogP contribution < -0.4 is 4.74 Å². The molecule has 2 unspecified atom stereocenters. The number of hydrogen-bond acceptors (Lipinski definition) is 5. The van der Waals surface area contributed by atoms with Crippen molar-refractivity contribution in [1.29, 1.82) is 0 Å². The van der Waals surface area contributed by atoms with E-state index in [1.807, 2.05) is 11.6 Å². The van der Waals surface area contributed by atoms with Crippen molar-refractivity contribution < 1.29 is 9.84 Å².